The molecule has 1 aromatic carbocycles. The highest BCUT2D eigenvalue weighted by molar-refractivity contribution is 14.1. The minimum atomic E-state index is -0.260. The molecule has 1 atom stereocenters. The van der Waals surface area contributed by atoms with Crippen LogP contribution >= 0.6 is 35.2 Å². The molecule has 0 spiro atoms. The summed E-state index contributed by atoms with van der Waals surface area (Å²) in [6.07, 6.45) is 0. The first-order valence-corrected chi connectivity index (χ1v) is 6.34. The Kier molecular flexibility index (Phi) is 4.92. The standard InChI is InChI=1S/C11H14INOS/c1-7(2)10(15)11(14)13-9-5-3-8(12)4-6-9/h3-7,10,15H,1-2H3,(H,13,14). The quantitative estimate of drug-likeness (QED) is 0.645. The Bertz CT molecular complexity index is 337. The largest absolute Gasteiger partial charge is 0.325 e. The maximum atomic E-state index is 11.6. The van der Waals surface area contributed by atoms with Crippen molar-refractivity contribution in [3.63, 3.8) is 0 Å². The van der Waals surface area contributed by atoms with Gasteiger partial charge in [-0.3, -0.25) is 4.79 Å². The van der Waals surface area contributed by atoms with Crippen molar-refractivity contribution in [1.29, 1.82) is 0 Å². The van der Waals surface area contributed by atoms with Gasteiger partial charge in [-0.2, -0.15) is 12.6 Å². The first kappa shape index (κ1) is 12.8. The number of benzene rings is 1. The molecule has 0 aliphatic heterocycles. The van der Waals surface area contributed by atoms with Gasteiger partial charge in [0.1, 0.15) is 0 Å². The molecule has 0 aromatic heterocycles. The smallest absolute Gasteiger partial charge is 0.237 e. The summed E-state index contributed by atoms with van der Waals surface area (Å²) < 4.78 is 1.15. The molecule has 0 bridgehead atoms. The van der Waals surface area contributed by atoms with Crippen LogP contribution in [-0.2, 0) is 4.79 Å². The Hall–Kier alpha value is -0.230. The predicted molar refractivity (Wildman–Crippen MR) is 75.4 cm³/mol. The van der Waals surface area contributed by atoms with Gasteiger partial charge in [0.15, 0.2) is 0 Å². The molecule has 1 amide bonds. The number of carbonyl (C=O) groups is 1. The second kappa shape index (κ2) is 5.75. The van der Waals surface area contributed by atoms with E-state index in [9.17, 15) is 4.79 Å². The summed E-state index contributed by atoms with van der Waals surface area (Å²) in [6, 6.07) is 7.69. The Morgan fingerprint density at radius 2 is 1.87 bits per heavy atom. The number of carbonyl (C=O) groups excluding carboxylic acids is 1. The van der Waals surface area contributed by atoms with Crippen LogP contribution in [0.3, 0.4) is 0 Å². The van der Waals surface area contributed by atoms with Gasteiger partial charge in [-0.05, 0) is 52.8 Å². The van der Waals surface area contributed by atoms with Crippen LogP contribution < -0.4 is 5.32 Å². The summed E-state index contributed by atoms with van der Waals surface area (Å²) in [7, 11) is 0. The molecule has 4 heteroatoms. The first-order valence-electron chi connectivity index (χ1n) is 4.75. The Labute approximate surface area is 109 Å². The molecule has 0 radical (unpaired) electrons. The van der Waals surface area contributed by atoms with Crippen LogP contribution in [0.25, 0.3) is 0 Å². The van der Waals surface area contributed by atoms with Crippen molar-refractivity contribution in [3.05, 3.63) is 27.8 Å². The zero-order chi connectivity index (χ0) is 11.4. The lowest BCUT2D eigenvalue weighted by molar-refractivity contribution is -0.116. The second-order valence-corrected chi connectivity index (χ2v) is 5.49. The van der Waals surface area contributed by atoms with E-state index >= 15 is 0 Å². The summed E-state index contributed by atoms with van der Waals surface area (Å²) in [6.45, 7) is 3.95. The highest BCUT2D eigenvalue weighted by Crippen LogP contribution is 2.14. The molecule has 0 heterocycles. The molecular formula is C11H14INOS. The van der Waals surface area contributed by atoms with Crippen LogP contribution in [0.15, 0.2) is 24.3 Å². The Balaban J connectivity index is 2.62. The van der Waals surface area contributed by atoms with E-state index in [0.717, 1.165) is 9.26 Å². The first-order chi connectivity index (χ1) is 7.00. The van der Waals surface area contributed by atoms with Crippen molar-refractivity contribution < 1.29 is 4.79 Å². The van der Waals surface area contributed by atoms with E-state index in [2.05, 4.69) is 40.5 Å². The molecule has 15 heavy (non-hydrogen) atoms. The molecular weight excluding hydrogens is 321 g/mol. The summed E-state index contributed by atoms with van der Waals surface area (Å²) >= 11 is 6.48. The van der Waals surface area contributed by atoms with Crippen LogP contribution in [-0.4, -0.2) is 11.2 Å². The fourth-order valence-electron chi connectivity index (χ4n) is 1.05. The molecule has 0 aliphatic carbocycles. The number of hydrogen-bond donors (Lipinski definition) is 2. The molecule has 2 nitrogen and oxygen atoms in total. The van der Waals surface area contributed by atoms with E-state index in [-0.39, 0.29) is 17.1 Å². The number of hydrogen-bond acceptors (Lipinski definition) is 2. The minimum Gasteiger partial charge on any atom is -0.325 e. The highest BCUT2D eigenvalue weighted by Gasteiger charge is 2.17. The summed E-state index contributed by atoms with van der Waals surface area (Å²) in [5.74, 6) is 0.187. The molecule has 1 rings (SSSR count). The van der Waals surface area contributed by atoms with E-state index in [1.807, 2.05) is 38.1 Å². The summed E-state index contributed by atoms with van der Waals surface area (Å²) in [5, 5.41) is 2.57. The normalized spacial score (nSPS) is 12.6. The van der Waals surface area contributed by atoms with Crippen LogP contribution in [0, 0.1) is 9.49 Å². The minimum absolute atomic E-state index is 0.0467. The van der Waals surface area contributed by atoms with E-state index in [0.29, 0.717) is 0 Å². The number of thiol groups is 1. The highest BCUT2D eigenvalue weighted by atomic mass is 127. The lowest BCUT2D eigenvalue weighted by atomic mass is 10.1. The molecule has 0 saturated heterocycles. The third-order valence-electron chi connectivity index (χ3n) is 2.01. The van der Waals surface area contributed by atoms with Gasteiger partial charge in [0.25, 0.3) is 0 Å². The number of anilines is 1. The molecule has 82 valence electrons. The van der Waals surface area contributed by atoms with Gasteiger partial charge in [0.2, 0.25) is 5.91 Å². The number of nitrogens with one attached hydrogen (secondary N) is 1. The van der Waals surface area contributed by atoms with Crippen LogP contribution in [0.4, 0.5) is 5.69 Å². The number of halogens is 1. The summed E-state index contributed by atoms with van der Waals surface area (Å²) in [5.41, 5.74) is 0.820. The maximum absolute atomic E-state index is 11.6. The molecule has 0 fully saturated rings. The van der Waals surface area contributed by atoms with Crippen molar-refractivity contribution in [2.24, 2.45) is 5.92 Å². The lowest BCUT2D eigenvalue weighted by Crippen LogP contribution is -2.27. The second-order valence-electron chi connectivity index (χ2n) is 3.68. The average molecular weight is 335 g/mol. The van der Waals surface area contributed by atoms with E-state index in [1.54, 1.807) is 0 Å². The lowest BCUT2D eigenvalue weighted by Gasteiger charge is -2.14. The van der Waals surface area contributed by atoms with E-state index in [1.165, 1.54) is 0 Å². The molecule has 1 N–H and O–H groups in total. The van der Waals surface area contributed by atoms with Crippen molar-refractivity contribution in [1.82, 2.24) is 0 Å². The van der Waals surface area contributed by atoms with Gasteiger partial charge < -0.3 is 5.32 Å². The molecule has 0 saturated carbocycles. The van der Waals surface area contributed by atoms with Crippen LogP contribution in [0.1, 0.15) is 13.8 Å². The van der Waals surface area contributed by atoms with Gasteiger partial charge in [-0.15, -0.1) is 0 Å². The number of rotatable bonds is 3. The molecule has 1 aromatic rings. The van der Waals surface area contributed by atoms with Crippen molar-refractivity contribution >= 4 is 46.8 Å². The zero-order valence-corrected chi connectivity index (χ0v) is 11.7. The van der Waals surface area contributed by atoms with Gasteiger partial charge in [0.05, 0.1) is 5.25 Å². The maximum Gasteiger partial charge on any atom is 0.237 e. The Morgan fingerprint density at radius 1 is 1.33 bits per heavy atom. The van der Waals surface area contributed by atoms with Gasteiger partial charge in [-0.25, -0.2) is 0 Å². The van der Waals surface area contributed by atoms with E-state index in [4.69, 9.17) is 0 Å². The fraction of sp³-hybridized carbons (Fsp3) is 0.364. The van der Waals surface area contributed by atoms with Gasteiger partial charge in [0, 0.05) is 9.26 Å². The zero-order valence-electron chi connectivity index (χ0n) is 8.70. The molecule has 0 aliphatic rings. The third-order valence-corrected chi connectivity index (χ3v) is 3.56. The van der Waals surface area contributed by atoms with Gasteiger partial charge in [-0.1, -0.05) is 13.8 Å². The predicted octanol–water partition coefficient (Wildman–Crippen LogP) is 3.18. The summed E-state index contributed by atoms with van der Waals surface area (Å²) in [4.78, 5) is 11.6. The van der Waals surface area contributed by atoms with Crippen LogP contribution in [0.5, 0.6) is 0 Å². The van der Waals surface area contributed by atoms with Crippen molar-refractivity contribution in [3.8, 4) is 0 Å². The SMILES string of the molecule is CC(C)C(S)C(=O)Nc1ccc(I)cc1. The monoisotopic (exact) mass is 335 g/mol. The Morgan fingerprint density at radius 3 is 2.33 bits per heavy atom. The van der Waals surface area contributed by atoms with Crippen LogP contribution in [0.2, 0.25) is 0 Å². The van der Waals surface area contributed by atoms with Gasteiger partial charge >= 0.3 is 0 Å². The van der Waals surface area contributed by atoms with E-state index < -0.39 is 0 Å². The number of amides is 1. The third kappa shape index (κ3) is 4.03. The molecule has 1 unspecified atom stereocenters. The topological polar surface area (TPSA) is 29.1 Å². The fourth-order valence-corrected chi connectivity index (χ4v) is 1.48. The van der Waals surface area contributed by atoms with Crippen molar-refractivity contribution in [2.75, 3.05) is 5.32 Å². The van der Waals surface area contributed by atoms with Crippen molar-refractivity contribution in [2.45, 2.75) is 19.1 Å². The average Bonchev–Trinajstić information content (AvgIpc) is 2.20.